The van der Waals surface area contributed by atoms with Crippen molar-refractivity contribution in [2.75, 3.05) is 11.6 Å². The van der Waals surface area contributed by atoms with E-state index in [1.165, 1.54) is 5.01 Å². The van der Waals surface area contributed by atoms with E-state index < -0.39 is 17.9 Å². The Morgan fingerprint density at radius 3 is 2.52 bits per heavy atom. The zero-order valence-corrected chi connectivity index (χ0v) is 15.6. The van der Waals surface area contributed by atoms with E-state index in [1.54, 1.807) is 42.6 Å². The van der Waals surface area contributed by atoms with Crippen LogP contribution >= 0.6 is 0 Å². The summed E-state index contributed by atoms with van der Waals surface area (Å²) in [5.74, 6) is -1.76. The van der Waals surface area contributed by atoms with Gasteiger partial charge in [-0.25, -0.2) is 4.79 Å². The Morgan fingerprint density at radius 2 is 1.83 bits per heavy atom. The summed E-state index contributed by atoms with van der Waals surface area (Å²) in [6, 6.07) is 13.3. The highest BCUT2D eigenvalue weighted by Gasteiger charge is 2.36. The number of carbonyl (C=O) groups is 3. The maximum absolute atomic E-state index is 12.3. The number of amides is 2. The number of anilines is 1. The SMILES string of the molecule is O=C(CCNC(=O)C1=NN(c2ccccc2)C(C(=O)O)C1)NCc1ccccn1. The standard InChI is InChI=1S/C20H21N5O4/c26-18(23-13-14-6-4-5-10-21-14)9-11-22-19(27)16-12-17(20(28)29)25(24-16)15-7-2-1-3-8-15/h1-8,10,17H,9,11-13H2,(H,22,27)(H,23,26)(H,28,29). The minimum atomic E-state index is -1.06. The molecule has 3 rings (SSSR count). The zero-order chi connectivity index (χ0) is 20.6. The van der Waals surface area contributed by atoms with E-state index in [1.807, 2.05) is 12.1 Å². The molecule has 1 aromatic heterocycles. The van der Waals surface area contributed by atoms with Gasteiger partial charge in [-0.05, 0) is 24.3 Å². The largest absolute Gasteiger partial charge is 0.480 e. The van der Waals surface area contributed by atoms with Crippen molar-refractivity contribution in [3.63, 3.8) is 0 Å². The zero-order valence-electron chi connectivity index (χ0n) is 15.6. The highest BCUT2D eigenvalue weighted by atomic mass is 16.4. The topological polar surface area (TPSA) is 124 Å². The Bertz CT molecular complexity index is 902. The third-order valence-electron chi connectivity index (χ3n) is 4.31. The number of nitrogens with one attached hydrogen (secondary N) is 2. The quantitative estimate of drug-likeness (QED) is 0.611. The molecule has 150 valence electrons. The van der Waals surface area contributed by atoms with Gasteiger partial charge in [0.25, 0.3) is 5.91 Å². The van der Waals surface area contributed by atoms with Crippen LogP contribution in [0.1, 0.15) is 18.5 Å². The average Bonchev–Trinajstić information content (AvgIpc) is 3.20. The number of rotatable bonds is 8. The van der Waals surface area contributed by atoms with Gasteiger partial charge in [-0.2, -0.15) is 5.10 Å². The molecule has 0 saturated heterocycles. The van der Waals surface area contributed by atoms with Gasteiger partial charge >= 0.3 is 5.97 Å². The predicted molar refractivity (Wildman–Crippen MR) is 106 cm³/mol. The van der Waals surface area contributed by atoms with Crippen LogP contribution in [0.15, 0.2) is 59.8 Å². The van der Waals surface area contributed by atoms with Crippen LogP contribution in [0.25, 0.3) is 0 Å². The summed E-state index contributed by atoms with van der Waals surface area (Å²) in [6.45, 7) is 0.432. The van der Waals surface area contributed by atoms with Crippen LogP contribution < -0.4 is 15.6 Å². The first-order valence-electron chi connectivity index (χ1n) is 9.14. The van der Waals surface area contributed by atoms with Crippen LogP contribution in [-0.4, -0.2) is 46.2 Å². The molecule has 1 aliphatic rings. The van der Waals surface area contributed by atoms with Crippen molar-refractivity contribution in [3.05, 3.63) is 60.4 Å². The van der Waals surface area contributed by atoms with Crippen LogP contribution in [0.4, 0.5) is 5.69 Å². The van der Waals surface area contributed by atoms with Gasteiger partial charge in [-0.3, -0.25) is 19.6 Å². The van der Waals surface area contributed by atoms with E-state index in [-0.39, 0.29) is 31.0 Å². The lowest BCUT2D eigenvalue weighted by Gasteiger charge is -2.19. The fraction of sp³-hybridized carbons (Fsp3) is 0.250. The minimum Gasteiger partial charge on any atom is -0.480 e. The van der Waals surface area contributed by atoms with Crippen molar-refractivity contribution in [1.82, 2.24) is 15.6 Å². The van der Waals surface area contributed by atoms with Crippen LogP contribution in [0, 0.1) is 0 Å². The summed E-state index contributed by atoms with van der Waals surface area (Å²) in [6.07, 6.45) is 1.73. The van der Waals surface area contributed by atoms with Crippen molar-refractivity contribution < 1.29 is 19.5 Å². The number of aliphatic carboxylic acids is 1. The second-order valence-corrected chi connectivity index (χ2v) is 6.39. The monoisotopic (exact) mass is 395 g/mol. The fourth-order valence-electron chi connectivity index (χ4n) is 2.83. The van der Waals surface area contributed by atoms with E-state index in [4.69, 9.17) is 0 Å². The number of pyridine rings is 1. The Hall–Kier alpha value is -3.75. The van der Waals surface area contributed by atoms with Crippen molar-refractivity contribution in [1.29, 1.82) is 0 Å². The Balaban J connectivity index is 1.50. The number of carboxylic acid groups (broad SMARTS) is 1. The number of carboxylic acids is 1. The highest BCUT2D eigenvalue weighted by molar-refractivity contribution is 6.40. The Labute approximate surface area is 167 Å². The summed E-state index contributed by atoms with van der Waals surface area (Å²) >= 11 is 0. The number of hydrazone groups is 1. The van der Waals surface area contributed by atoms with Crippen molar-refractivity contribution >= 4 is 29.2 Å². The third-order valence-corrected chi connectivity index (χ3v) is 4.31. The number of carbonyl (C=O) groups excluding carboxylic acids is 2. The summed E-state index contributed by atoms with van der Waals surface area (Å²) in [4.78, 5) is 39.9. The van der Waals surface area contributed by atoms with E-state index in [0.717, 1.165) is 5.69 Å². The second-order valence-electron chi connectivity index (χ2n) is 6.39. The van der Waals surface area contributed by atoms with Crippen LogP contribution in [0.3, 0.4) is 0 Å². The van der Waals surface area contributed by atoms with Crippen molar-refractivity contribution in [3.8, 4) is 0 Å². The number of benzene rings is 1. The van der Waals surface area contributed by atoms with Crippen molar-refractivity contribution in [2.45, 2.75) is 25.4 Å². The molecule has 2 amide bonds. The van der Waals surface area contributed by atoms with Gasteiger partial charge in [-0.15, -0.1) is 0 Å². The summed E-state index contributed by atoms with van der Waals surface area (Å²) in [5.41, 5.74) is 1.46. The lowest BCUT2D eigenvalue weighted by atomic mass is 10.1. The van der Waals surface area contributed by atoms with E-state index in [2.05, 4.69) is 20.7 Å². The molecule has 9 nitrogen and oxygen atoms in total. The Morgan fingerprint density at radius 1 is 1.07 bits per heavy atom. The van der Waals surface area contributed by atoms with Gasteiger partial charge in [0, 0.05) is 25.6 Å². The normalized spacial score (nSPS) is 15.5. The summed E-state index contributed by atoms with van der Waals surface area (Å²) in [7, 11) is 0. The fourth-order valence-corrected chi connectivity index (χ4v) is 2.83. The maximum Gasteiger partial charge on any atom is 0.328 e. The van der Waals surface area contributed by atoms with E-state index >= 15 is 0 Å². The lowest BCUT2D eigenvalue weighted by molar-refractivity contribution is -0.138. The molecule has 1 aliphatic heterocycles. The predicted octanol–water partition coefficient (Wildman–Crippen LogP) is 0.924. The molecule has 0 bridgehead atoms. The first kappa shape index (κ1) is 20.0. The van der Waals surface area contributed by atoms with Gasteiger partial charge in [0.15, 0.2) is 6.04 Å². The number of para-hydroxylation sites is 1. The first-order valence-corrected chi connectivity index (χ1v) is 9.14. The Kier molecular flexibility index (Phi) is 6.51. The minimum absolute atomic E-state index is 0.0120. The molecule has 2 aromatic rings. The molecule has 3 N–H and O–H groups in total. The average molecular weight is 395 g/mol. The maximum atomic E-state index is 12.3. The van der Waals surface area contributed by atoms with E-state index in [0.29, 0.717) is 12.2 Å². The molecule has 1 unspecified atom stereocenters. The smallest absolute Gasteiger partial charge is 0.328 e. The van der Waals surface area contributed by atoms with Gasteiger partial charge in [-0.1, -0.05) is 24.3 Å². The lowest BCUT2D eigenvalue weighted by Crippen LogP contribution is -2.36. The molecular weight excluding hydrogens is 374 g/mol. The first-order chi connectivity index (χ1) is 14.0. The molecule has 0 fully saturated rings. The second kappa shape index (κ2) is 9.45. The van der Waals surface area contributed by atoms with E-state index in [9.17, 15) is 19.5 Å². The molecule has 29 heavy (non-hydrogen) atoms. The van der Waals surface area contributed by atoms with Gasteiger partial charge in [0.2, 0.25) is 5.91 Å². The molecular formula is C20H21N5O4. The molecule has 0 saturated carbocycles. The van der Waals surface area contributed by atoms with Gasteiger partial charge < -0.3 is 15.7 Å². The molecule has 1 atom stereocenters. The highest BCUT2D eigenvalue weighted by Crippen LogP contribution is 2.24. The number of hydrogen-bond acceptors (Lipinski definition) is 6. The molecule has 0 spiro atoms. The molecule has 1 aromatic carbocycles. The van der Waals surface area contributed by atoms with Gasteiger partial charge in [0.1, 0.15) is 5.71 Å². The number of nitrogens with zero attached hydrogens (tertiary/aromatic N) is 3. The molecule has 0 aliphatic carbocycles. The number of hydrogen-bond donors (Lipinski definition) is 3. The summed E-state index contributed by atoms with van der Waals surface area (Å²) in [5, 5.41) is 20.3. The molecule has 9 heteroatoms. The molecule has 2 heterocycles. The van der Waals surface area contributed by atoms with Crippen LogP contribution in [-0.2, 0) is 20.9 Å². The van der Waals surface area contributed by atoms with Gasteiger partial charge in [0.05, 0.1) is 17.9 Å². The molecule has 0 radical (unpaired) electrons. The number of aromatic nitrogens is 1. The van der Waals surface area contributed by atoms with Crippen LogP contribution in [0.2, 0.25) is 0 Å². The third kappa shape index (κ3) is 5.38. The summed E-state index contributed by atoms with van der Waals surface area (Å²) < 4.78 is 0. The van der Waals surface area contributed by atoms with Crippen molar-refractivity contribution in [2.24, 2.45) is 5.10 Å². The van der Waals surface area contributed by atoms with Crippen LogP contribution in [0.5, 0.6) is 0 Å².